The van der Waals surface area contributed by atoms with Crippen LogP contribution < -0.4 is 4.90 Å². The Morgan fingerprint density at radius 1 is 1.08 bits per heavy atom. The highest BCUT2D eigenvalue weighted by atomic mass is 15.4. The van der Waals surface area contributed by atoms with Crippen LogP contribution in [0.3, 0.4) is 0 Å². The third kappa shape index (κ3) is 1.87. The van der Waals surface area contributed by atoms with Crippen molar-refractivity contribution in [2.45, 2.75) is 46.2 Å². The summed E-state index contributed by atoms with van der Waals surface area (Å²) >= 11 is 0. The number of pyridine rings is 1. The average Bonchev–Trinajstić information content (AvgIpc) is 3.05. The second-order valence-corrected chi connectivity index (χ2v) is 7.37. The Bertz CT molecular complexity index is 960. The number of anilines is 1. The average molecular weight is 322 g/mol. The fourth-order valence-electron chi connectivity index (χ4n) is 4.04. The van der Waals surface area contributed by atoms with E-state index >= 15 is 0 Å². The second kappa shape index (κ2) is 4.85. The van der Waals surface area contributed by atoms with E-state index in [1.165, 1.54) is 21.6 Å². The molecule has 1 aromatic heterocycles. The summed E-state index contributed by atoms with van der Waals surface area (Å²) in [6, 6.07) is 8.50. The first-order valence-electron chi connectivity index (χ1n) is 9.91. The van der Waals surface area contributed by atoms with E-state index in [9.17, 15) is 0 Å². The van der Waals surface area contributed by atoms with Crippen molar-refractivity contribution < 1.29 is 4.11 Å². The molecule has 0 amide bonds. The van der Waals surface area contributed by atoms with Crippen LogP contribution in [0.1, 0.15) is 47.4 Å². The molecule has 2 heterocycles. The van der Waals surface area contributed by atoms with E-state index in [2.05, 4.69) is 49.9 Å². The lowest BCUT2D eigenvalue weighted by molar-refractivity contribution is 0.382. The molecule has 2 aromatic rings. The molecule has 0 saturated carbocycles. The van der Waals surface area contributed by atoms with Crippen molar-refractivity contribution in [2.24, 2.45) is 0 Å². The molecule has 0 N–H and O–H groups in total. The molecule has 4 rings (SSSR count). The first kappa shape index (κ1) is 12.1. The minimum absolute atomic E-state index is 0.251. The molecule has 0 saturated heterocycles. The lowest BCUT2D eigenvalue weighted by atomic mass is 9.82. The molecule has 1 aliphatic carbocycles. The molecule has 24 heavy (non-hydrogen) atoms. The Morgan fingerprint density at radius 2 is 1.83 bits per heavy atom. The predicted octanol–water partition coefficient (Wildman–Crippen LogP) is 4.57. The Labute approximate surface area is 148 Å². The van der Waals surface area contributed by atoms with Gasteiger partial charge in [-0.15, -0.1) is 0 Å². The maximum atomic E-state index is 7.80. The summed E-state index contributed by atoms with van der Waals surface area (Å²) in [4.78, 5) is 8.37. The molecule has 0 fully saturated rings. The topological polar surface area (TPSA) is 19.4 Å². The smallest absolute Gasteiger partial charge is 0.102 e. The van der Waals surface area contributed by atoms with Crippen LogP contribution in [0.5, 0.6) is 0 Å². The zero-order valence-electron chi connectivity index (χ0n) is 17.9. The third-order valence-electron chi connectivity index (χ3n) is 5.37. The summed E-state index contributed by atoms with van der Waals surface area (Å²) in [5.41, 5.74) is 7.66. The van der Waals surface area contributed by atoms with E-state index in [4.69, 9.17) is 9.10 Å². The molecule has 0 unspecified atom stereocenters. The largest absolute Gasteiger partial charge is 0.359 e. The van der Waals surface area contributed by atoms with Gasteiger partial charge in [0.25, 0.3) is 0 Å². The van der Waals surface area contributed by atoms with Gasteiger partial charge in [-0.1, -0.05) is 32.0 Å². The Hall–Kier alpha value is -2.29. The Morgan fingerprint density at radius 3 is 2.54 bits per heavy atom. The monoisotopic (exact) mass is 322 g/mol. The normalized spacial score (nSPS) is 22.9. The third-order valence-corrected chi connectivity index (χ3v) is 5.37. The summed E-state index contributed by atoms with van der Waals surface area (Å²) in [6.07, 6.45) is 3.28. The zero-order valence-corrected chi connectivity index (χ0v) is 14.9. The van der Waals surface area contributed by atoms with Gasteiger partial charge in [-0.05, 0) is 43.5 Å². The van der Waals surface area contributed by atoms with Crippen molar-refractivity contribution in [3.05, 3.63) is 59.2 Å². The van der Waals surface area contributed by atoms with Crippen molar-refractivity contribution in [1.82, 2.24) is 9.88 Å². The highest BCUT2D eigenvalue weighted by Crippen LogP contribution is 2.53. The number of benzene rings is 1. The molecule has 1 aliphatic heterocycles. The summed E-state index contributed by atoms with van der Waals surface area (Å²) in [5, 5.41) is 0. The van der Waals surface area contributed by atoms with Gasteiger partial charge in [-0.3, -0.25) is 4.98 Å². The van der Waals surface area contributed by atoms with Crippen molar-refractivity contribution in [1.29, 1.82) is 0 Å². The molecule has 1 aromatic carbocycles. The van der Waals surface area contributed by atoms with Crippen molar-refractivity contribution in [3.8, 4) is 11.1 Å². The van der Waals surface area contributed by atoms with Crippen LogP contribution in [-0.2, 0) is 5.41 Å². The first-order valence-corrected chi connectivity index (χ1v) is 8.41. The number of aryl methyl sites for hydroxylation is 2. The Balaban J connectivity index is 1.91. The Kier molecular flexibility index (Phi) is 2.45. The predicted molar refractivity (Wildman–Crippen MR) is 100 cm³/mol. The highest BCUT2D eigenvalue weighted by Gasteiger charge is 2.41. The van der Waals surface area contributed by atoms with Crippen LogP contribution in [0.4, 0.5) is 5.69 Å². The molecule has 0 spiro atoms. The van der Waals surface area contributed by atoms with E-state index < -0.39 is 6.98 Å². The van der Waals surface area contributed by atoms with Gasteiger partial charge in [-0.25, -0.2) is 0 Å². The van der Waals surface area contributed by atoms with Gasteiger partial charge in [0.15, 0.2) is 0 Å². The van der Waals surface area contributed by atoms with Crippen LogP contribution in [0.2, 0.25) is 0 Å². The lowest BCUT2D eigenvalue weighted by Gasteiger charge is -2.33. The second-order valence-electron chi connectivity index (χ2n) is 7.37. The maximum Gasteiger partial charge on any atom is 0.102 e. The molecule has 0 radical (unpaired) electrons. The molecule has 3 nitrogen and oxygen atoms in total. The quantitative estimate of drug-likeness (QED) is 0.766. The summed E-state index contributed by atoms with van der Waals surface area (Å²) in [5.74, 6) is 0. The number of hydrogen-bond acceptors (Lipinski definition) is 3. The number of rotatable bonds is 1. The fraction of sp³-hybridized carbons (Fsp3) is 0.381. The van der Waals surface area contributed by atoms with Gasteiger partial charge in [0.05, 0.1) is 11.4 Å². The van der Waals surface area contributed by atoms with Crippen LogP contribution in [0, 0.1) is 13.8 Å². The van der Waals surface area contributed by atoms with Crippen molar-refractivity contribution >= 4 is 5.69 Å². The molecular formula is C21H25N3. The minimum Gasteiger partial charge on any atom is -0.359 e. The van der Waals surface area contributed by atoms with Crippen LogP contribution in [0.15, 0.2) is 36.7 Å². The SMILES string of the molecule is [2H]C([2H])([2H])N1C=CN(c2c(C)ccc3c2C(C)(C)c2nc(C)ccc2-3)[C@H]1C. The number of aromatic nitrogens is 1. The van der Waals surface area contributed by atoms with Crippen molar-refractivity contribution in [3.63, 3.8) is 0 Å². The fourth-order valence-corrected chi connectivity index (χ4v) is 4.04. The highest BCUT2D eigenvalue weighted by molar-refractivity contribution is 5.87. The van der Waals surface area contributed by atoms with E-state index in [0.29, 0.717) is 0 Å². The standard InChI is InChI=1S/C21H25N3/c1-13-7-9-16-17-10-8-14(2)22-20(17)21(4,5)18(16)19(13)24-12-11-23(6)15(24)3/h7-12,15H,1-6H3/t15-/m0/s1/i6D3. The summed E-state index contributed by atoms with van der Waals surface area (Å²) in [6.45, 7) is 8.30. The maximum absolute atomic E-state index is 7.80. The van der Waals surface area contributed by atoms with Gasteiger partial charge in [-0.2, -0.15) is 0 Å². The minimum atomic E-state index is -2.16. The van der Waals surface area contributed by atoms with E-state index in [-0.39, 0.29) is 11.6 Å². The van der Waals surface area contributed by atoms with Gasteiger partial charge < -0.3 is 9.80 Å². The van der Waals surface area contributed by atoms with Crippen LogP contribution in [-0.4, -0.2) is 23.0 Å². The van der Waals surface area contributed by atoms with Crippen molar-refractivity contribution in [2.75, 3.05) is 11.9 Å². The van der Waals surface area contributed by atoms with E-state index in [1.807, 2.05) is 20.0 Å². The van der Waals surface area contributed by atoms with E-state index in [1.54, 1.807) is 6.20 Å². The molecule has 124 valence electrons. The lowest BCUT2D eigenvalue weighted by Crippen LogP contribution is -2.35. The number of fused-ring (bicyclic) bond motifs is 3. The molecule has 2 aliphatic rings. The number of hydrogen-bond donors (Lipinski definition) is 0. The zero-order chi connectivity index (χ0) is 19.7. The van der Waals surface area contributed by atoms with Gasteiger partial charge in [0, 0.05) is 40.2 Å². The van der Waals surface area contributed by atoms with Gasteiger partial charge in [0.2, 0.25) is 0 Å². The van der Waals surface area contributed by atoms with Gasteiger partial charge in [0.1, 0.15) is 6.17 Å². The molecule has 0 bridgehead atoms. The summed E-state index contributed by atoms with van der Waals surface area (Å²) in [7, 11) is 0. The first-order chi connectivity index (χ1) is 12.5. The van der Waals surface area contributed by atoms with Gasteiger partial charge >= 0.3 is 0 Å². The van der Waals surface area contributed by atoms with Crippen LogP contribution in [0.25, 0.3) is 11.1 Å². The molecular weight excluding hydrogens is 294 g/mol. The summed E-state index contributed by atoms with van der Waals surface area (Å²) < 4.78 is 23.4. The van der Waals surface area contributed by atoms with Crippen LogP contribution >= 0.6 is 0 Å². The number of nitrogens with zero attached hydrogens (tertiary/aromatic N) is 3. The molecule has 1 atom stereocenters. The molecule has 3 heteroatoms. The van der Waals surface area contributed by atoms with E-state index in [0.717, 1.165) is 22.6 Å².